The first kappa shape index (κ1) is 17.7. The first-order chi connectivity index (χ1) is 10.8. The van der Waals surface area contributed by atoms with Gasteiger partial charge in [0, 0.05) is 6.54 Å². The molecule has 0 saturated carbocycles. The number of rotatable bonds is 7. The lowest BCUT2D eigenvalue weighted by Crippen LogP contribution is -2.32. The predicted molar refractivity (Wildman–Crippen MR) is 89.9 cm³/mol. The van der Waals surface area contributed by atoms with Gasteiger partial charge in [0.2, 0.25) is 5.91 Å². The smallest absolute Gasteiger partial charge is 0.274 e. The highest BCUT2D eigenvalue weighted by molar-refractivity contribution is 7.86. The van der Waals surface area contributed by atoms with Crippen LogP contribution in [0.25, 0.3) is 9.88 Å². The average molecular weight is 373 g/mol. The molecule has 2 atom stereocenters. The quantitative estimate of drug-likeness (QED) is 0.568. The highest BCUT2D eigenvalue weighted by Crippen LogP contribution is 2.35. The molecule has 0 bridgehead atoms. The molecular formula is C13H15N3O4S3. The van der Waals surface area contributed by atoms with Crippen LogP contribution in [0.5, 0.6) is 0 Å². The fraction of sp³-hybridized carbons (Fsp3) is 0.308. The molecule has 23 heavy (non-hydrogen) atoms. The number of aromatic nitrogens is 2. The van der Waals surface area contributed by atoms with Crippen molar-refractivity contribution in [1.29, 1.82) is 0 Å². The van der Waals surface area contributed by atoms with Gasteiger partial charge >= 0.3 is 0 Å². The van der Waals surface area contributed by atoms with Gasteiger partial charge in [0.05, 0.1) is 4.88 Å². The molecule has 2 aromatic rings. The van der Waals surface area contributed by atoms with Crippen LogP contribution in [0.1, 0.15) is 17.2 Å². The van der Waals surface area contributed by atoms with Crippen LogP contribution in [0.3, 0.4) is 0 Å². The van der Waals surface area contributed by atoms with E-state index in [1.165, 1.54) is 11.3 Å². The van der Waals surface area contributed by atoms with Crippen molar-refractivity contribution in [1.82, 2.24) is 15.5 Å². The van der Waals surface area contributed by atoms with E-state index in [1.54, 1.807) is 6.92 Å². The van der Waals surface area contributed by atoms with E-state index in [4.69, 9.17) is 0 Å². The minimum Gasteiger partial charge on any atom is -0.352 e. The van der Waals surface area contributed by atoms with Gasteiger partial charge in [0.1, 0.15) is 10.3 Å². The third-order valence-electron chi connectivity index (χ3n) is 3.04. The summed E-state index contributed by atoms with van der Waals surface area (Å²) in [7, 11) is -4.39. The number of nitrogens with one attached hydrogen (secondary N) is 1. The van der Waals surface area contributed by atoms with E-state index in [9.17, 15) is 17.8 Å². The second-order valence-corrected chi connectivity index (χ2v) is 8.28. The van der Waals surface area contributed by atoms with Crippen molar-refractivity contribution in [2.45, 2.75) is 12.2 Å². The summed E-state index contributed by atoms with van der Waals surface area (Å²) in [6.45, 7) is 4.99. The van der Waals surface area contributed by atoms with Crippen LogP contribution in [0.2, 0.25) is 0 Å². The number of thiophene rings is 1. The molecule has 2 heterocycles. The van der Waals surface area contributed by atoms with E-state index in [1.807, 2.05) is 17.5 Å². The van der Waals surface area contributed by atoms with E-state index in [-0.39, 0.29) is 11.6 Å². The van der Waals surface area contributed by atoms with Gasteiger partial charge in [-0.25, -0.2) is 0 Å². The van der Waals surface area contributed by atoms with Crippen molar-refractivity contribution in [3.05, 3.63) is 35.2 Å². The number of hydrogen-bond donors (Lipinski definition) is 2. The van der Waals surface area contributed by atoms with Gasteiger partial charge in [-0.3, -0.25) is 9.35 Å². The Labute approximate surface area is 141 Å². The van der Waals surface area contributed by atoms with E-state index >= 15 is 0 Å². The number of hydrogen-bond acceptors (Lipinski definition) is 7. The predicted octanol–water partition coefficient (Wildman–Crippen LogP) is 2.13. The molecule has 2 aromatic heterocycles. The zero-order valence-corrected chi connectivity index (χ0v) is 14.6. The first-order valence-corrected chi connectivity index (χ1v) is 9.76. The second kappa shape index (κ2) is 7.30. The Morgan fingerprint density at radius 1 is 1.52 bits per heavy atom. The molecule has 0 aliphatic heterocycles. The van der Waals surface area contributed by atoms with Crippen LogP contribution in [0.4, 0.5) is 0 Å². The molecule has 0 radical (unpaired) electrons. The molecule has 0 spiro atoms. The Balaban J connectivity index is 2.25. The van der Waals surface area contributed by atoms with Gasteiger partial charge in [-0.05, 0) is 23.4 Å². The molecule has 2 N–H and O–H groups in total. The molecule has 0 aliphatic rings. The molecular weight excluding hydrogens is 358 g/mol. The van der Waals surface area contributed by atoms with Gasteiger partial charge in [-0.15, -0.1) is 21.5 Å². The zero-order chi connectivity index (χ0) is 17.0. The summed E-state index contributed by atoms with van der Waals surface area (Å²) in [5.74, 6) is -1.000. The van der Waals surface area contributed by atoms with Gasteiger partial charge in [-0.2, -0.15) is 8.42 Å². The monoisotopic (exact) mass is 373 g/mol. The number of amides is 1. The lowest BCUT2D eigenvalue weighted by atomic mass is 10.1. The van der Waals surface area contributed by atoms with Crippen molar-refractivity contribution >= 4 is 38.7 Å². The van der Waals surface area contributed by atoms with Gasteiger partial charge < -0.3 is 5.32 Å². The van der Waals surface area contributed by atoms with Crippen molar-refractivity contribution in [2.75, 3.05) is 6.54 Å². The molecule has 2 rings (SSSR count). The summed E-state index contributed by atoms with van der Waals surface area (Å²) in [5, 5.41) is 11.8. The maximum absolute atomic E-state index is 11.7. The van der Waals surface area contributed by atoms with Gasteiger partial charge in [-0.1, -0.05) is 30.9 Å². The maximum atomic E-state index is 11.7. The van der Waals surface area contributed by atoms with Crippen molar-refractivity contribution in [3.63, 3.8) is 0 Å². The Hall–Kier alpha value is -1.62. The lowest BCUT2D eigenvalue weighted by Gasteiger charge is -2.18. The van der Waals surface area contributed by atoms with Crippen molar-refractivity contribution < 1.29 is 17.8 Å². The second-order valence-electron chi connectivity index (χ2n) is 4.78. The average Bonchev–Trinajstić information content (AvgIpc) is 3.14. The third kappa shape index (κ3) is 4.44. The highest BCUT2D eigenvalue weighted by Gasteiger charge is 2.34. The topological polar surface area (TPSA) is 109 Å². The van der Waals surface area contributed by atoms with Crippen molar-refractivity contribution in [3.8, 4) is 9.88 Å². The molecule has 10 heteroatoms. The Morgan fingerprint density at radius 3 is 2.83 bits per heavy atom. The minimum atomic E-state index is -4.39. The van der Waals surface area contributed by atoms with Crippen LogP contribution in [-0.2, 0) is 14.9 Å². The maximum Gasteiger partial charge on any atom is 0.274 e. The summed E-state index contributed by atoms with van der Waals surface area (Å²) < 4.78 is 33.0. The lowest BCUT2D eigenvalue weighted by molar-refractivity contribution is -0.116. The van der Waals surface area contributed by atoms with Crippen LogP contribution in [0, 0.1) is 5.92 Å². The van der Waals surface area contributed by atoms with E-state index in [2.05, 4.69) is 22.1 Å². The largest absolute Gasteiger partial charge is 0.352 e. The molecule has 7 nitrogen and oxygen atoms in total. The molecule has 124 valence electrons. The SMILES string of the molecule is C=CC(=O)NCC(C)C(c1nnc(-c2cccs2)s1)S(=O)(=O)O. The molecule has 0 aliphatic carbocycles. The Bertz CT molecular complexity index is 783. The van der Waals surface area contributed by atoms with Gasteiger partial charge in [0.15, 0.2) is 5.01 Å². The first-order valence-electron chi connectivity index (χ1n) is 6.56. The number of carbonyl (C=O) groups excluding carboxylic acids is 1. The number of carbonyl (C=O) groups is 1. The summed E-state index contributed by atoms with van der Waals surface area (Å²) in [6.07, 6.45) is 1.09. The highest BCUT2D eigenvalue weighted by atomic mass is 32.2. The fourth-order valence-corrected chi connectivity index (χ4v) is 5.20. The van der Waals surface area contributed by atoms with Crippen LogP contribution in [-0.4, -0.2) is 35.6 Å². The minimum absolute atomic E-state index is 0.0588. The Kier molecular flexibility index (Phi) is 5.63. The molecule has 0 saturated heterocycles. The normalized spacial score (nSPS) is 14.2. The molecule has 0 fully saturated rings. The van der Waals surface area contributed by atoms with Crippen LogP contribution < -0.4 is 5.32 Å². The molecule has 0 aromatic carbocycles. The summed E-state index contributed by atoms with van der Waals surface area (Å²) in [4.78, 5) is 12.1. The molecule has 1 amide bonds. The Morgan fingerprint density at radius 2 is 2.26 bits per heavy atom. The van der Waals surface area contributed by atoms with E-state index < -0.39 is 27.2 Å². The summed E-state index contributed by atoms with van der Waals surface area (Å²) >= 11 is 2.57. The molecule has 2 unspecified atom stereocenters. The summed E-state index contributed by atoms with van der Waals surface area (Å²) in [6, 6.07) is 3.71. The number of nitrogens with zero attached hydrogens (tertiary/aromatic N) is 2. The zero-order valence-electron chi connectivity index (χ0n) is 12.2. The summed E-state index contributed by atoms with van der Waals surface area (Å²) in [5.41, 5.74) is 0. The van der Waals surface area contributed by atoms with Crippen LogP contribution in [0.15, 0.2) is 30.2 Å². The third-order valence-corrected chi connectivity index (χ3v) is 6.56. The standard InChI is InChI=1S/C13H15N3O4S3/c1-3-10(17)14-7-8(2)11(23(18,19)20)13-16-15-12(22-13)9-5-4-6-21-9/h3-6,8,11H,1,7H2,2H3,(H,14,17)(H,18,19,20). The van der Waals surface area contributed by atoms with E-state index in [0.29, 0.717) is 5.01 Å². The van der Waals surface area contributed by atoms with E-state index in [0.717, 1.165) is 22.3 Å². The van der Waals surface area contributed by atoms with Crippen LogP contribution >= 0.6 is 22.7 Å². The fourth-order valence-electron chi connectivity index (χ4n) is 1.95. The van der Waals surface area contributed by atoms with Crippen molar-refractivity contribution in [2.24, 2.45) is 5.92 Å². The van der Waals surface area contributed by atoms with Gasteiger partial charge in [0.25, 0.3) is 10.1 Å².